The van der Waals surface area contributed by atoms with E-state index in [1.165, 1.54) is 25.3 Å². The van der Waals surface area contributed by atoms with Crippen molar-refractivity contribution < 1.29 is 24.3 Å². The number of carbonyl (C=O) groups excluding carboxylic acids is 1. The number of aliphatic hydroxyl groups is 1. The van der Waals surface area contributed by atoms with Crippen molar-refractivity contribution in [3.05, 3.63) is 12.2 Å². The fraction of sp³-hybridized carbons (Fsp3) is 0.765. The molecule has 0 aromatic heterocycles. The molecule has 0 saturated heterocycles. The van der Waals surface area contributed by atoms with Crippen LogP contribution in [0.4, 0.5) is 0 Å². The van der Waals surface area contributed by atoms with Gasteiger partial charge in [0.25, 0.3) is 0 Å². The van der Waals surface area contributed by atoms with Crippen LogP contribution in [-0.4, -0.2) is 59.7 Å². The number of allylic oxidation sites excluding steroid dienone is 1. The van der Waals surface area contributed by atoms with Gasteiger partial charge in [0.05, 0.1) is 27.6 Å². The molecule has 0 aliphatic carbocycles. The van der Waals surface area contributed by atoms with Crippen LogP contribution < -0.4 is 0 Å². The van der Waals surface area contributed by atoms with E-state index in [9.17, 15) is 14.7 Å². The summed E-state index contributed by atoms with van der Waals surface area (Å²) in [6, 6.07) is 0. The summed E-state index contributed by atoms with van der Waals surface area (Å²) in [5.41, 5.74) is -1.84. The second kappa shape index (κ2) is 9.74. The Morgan fingerprint density at radius 2 is 1.68 bits per heavy atom. The predicted octanol–water partition coefficient (Wildman–Crippen LogP) is 2.38. The molecule has 5 nitrogen and oxygen atoms in total. The molecule has 0 aromatic carbocycles. The third-order valence-electron chi connectivity index (χ3n) is 3.38. The van der Waals surface area contributed by atoms with Crippen LogP contribution in [0.3, 0.4) is 0 Å². The highest BCUT2D eigenvalue weighted by Crippen LogP contribution is 2.17. The zero-order valence-electron chi connectivity index (χ0n) is 14.5. The maximum atomic E-state index is 12.2. The van der Waals surface area contributed by atoms with E-state index in [0.717, 1.165) is 19.3 Å². The van der Waals surface area contributed by atoms with Gasteiger partial charge in [-0.2, -0.15) is 0 Å². The average molecular weight is 314 g/mol. The molecule has 1 unspecified atom stereocenters. The van der Waals surface area contributed by atoms with Gasteiger partial charge in [-0.3, -0.25) is 9.59 Å². The van der Waals surface area contributed by atoms with Gasteiger partial charge in [-0.05, 0) is 18.9 Å². The van der Waals surface area contributed by atoms with Crippen molar-refractivity contribution in [2.45, 2.75) is 57.5 Å². The van der Waals surface area contributed by atoms with E-state index in [1.807, 2.05) is 21.1 Å². The molecular weight excluding hydrogens is 282 g/mol. The number of ketones is 1. The number of aliphatic carboxylic acids is 1. The van der Waals surface area contributed by atoms with Crippen LogP contribution in [0.15, 0.2) is 12.2 Å². The van der Waals surface area contributed by atoms with E-state index < -0.39 is 23.8 Å². The standard InChI is InChI=1S/C17H31NO4/c1-5-6-7-8-9-10-11-12-15(19)17(22,13-16(20)21)14-18(2,3)4/h11-12,22H,5-10,13-14H2,1-4H3/p+1/b12-11+. The van der Waals surface area contributed by atoms with Gasteiger partial charge in [-0.15, -0.1) is 0 Å². The van der Waals surface area contributed by atoms with Gasteiger partial charge in [0.1, 0.15) is 6.54 Å². The summed E-state index contributed by atoms with van der Waals surface area (Å²) >= 11 is 0. The van der Waals surface area contributed by atoms with E-state index in [0.29, 0.717) is 4.48 Å². The summed E-state index contributed by atoms with van der Waals surface area (Å²) in [5, 5.41) is 19.4. The van der Waals surface area contributed by atoms with E-state index in [1.54, 1.807) is 6.08 Å². The monoisotopic (exact) mass is 314 g/mol. The molecule has 128 valence electrons. The van der Waals surface area contributed by atoms with Gasteiger partial charge in [-0.1, -0.05) is 38.7 Å². The summed E-state index contributed by atoms with van der Waals surface area (Å²) in [7, 11) is 5.45. The summed E-state index contributed by atoms with van der Waals surface area (Å²) in [6.45, 7) is 2.23. The molecule has 0 fully saturated rings. The molecule has 0 aliphatic heterocycles. The first-order chi connectivity index (χ1) is 10.1. The van der Waals surface area contributed by atoms with Crippen molar-refractivity contribution in [2.24, 2.45) is 0 Å². The fourth-order valence-electron chi connectivity index (χ4n) is 2.47. The molecular formula is C17H32NO4+. The Balaban J connectivity index is 4.54. The molecule has 2 N–H and O–H groups in total. The molecule has 22 heavy (non-hydrogen) atoms. The number of quaternary nitrogens is 1. The molecule has 0 rings (SSSR count). The van der Waals surface area contributed by atoms with Crippen LogP contribution in [0.2, 0.25) is 0 Å². The van der Waals surface area contributed by atoms with E-state index in [4.69, 9.17) is 5.11 Å². The lowest BCUT2D eigenvalue weighted by Gasteiger charge is -2.33. The van der Waals surface area contributed by atoms with Crippen molar-refractivity contribution in [1.29, 1.82) is 0 Å². The lowest BCUT2D eigenvalue weighted by Crippen LogP contribution is -2.54. The van der Waals surface area contributed by atoms with E-state index in [2.05, 4.69) is 6.92 Å². The molecule has 0 aliphatic rings. The van der Waals surface area contributed by atoms with Gasteiger partial charge in [-0.25, -0.2) is 0 Å². The maximum absolute atomic E-state index is 12.2. The number of nitrogens with zero attached hydrogens (tertiary/aromatic N) is 1. The quantitative estimate of drug-likeness (QED) is 0.329. The van der Waals surface area contributed by atoms with Gasteiger partial charge in [0, 0.05) is 0 Å². The normalized spacial score (nSPS) is 15.0. The van der Waals surface area contributed by atoms with Crippen LogP contribution in [-0.2, 0) is 9.59 Å². The molecule has 0 spiro atoms. The Bertz CT molecular complexity index is 385. The minimum atomic E-state index is -1.84. The van der Waals surface area contributed by atoms with E-state index >= 15 is 0 Å². The maximum Gasteiger partial charge on any atom is 0.307 e. The Kier molecular flexibility index (Phi) is 9.21. The minimum absolute atomic E-state index is 0.0684. The molecule has 0 radical (unpaired) electrons. The predicted molar refractivity (Wildman–Crippen MR) is 87.6 cm³/mol. The number of carbonyl (C=O) groups is 2. The van der Waals surface area contributed by atoms with Crippen molar-refractivity contribution in [1.82, 2.24) is 0 Å². The number of hydrogen-bond donors (Lipinski definition) is 2. The van der Waals surface area contributed by atoms with E-state index in [-0.39, 0.29) is 6.54 Å². The fourth-order valence-corrected chi connectivity index (χ4v) is 2.47. The summed E-state index contributed by atoms with van der Waals surface area (Å²) < 4.78 is 0.320. The van der Waals surface area contributed by atoms with Crippen LogP contribution in [0, 0.1) is 0 Å². The van der Waals surface area contributed by atoms with Crippen molar-refractivity contribution in [3.8, 4) is 0 Å². The van der Waals surface area contributed by atoms with Crippen molar-refractivity contribution in [3.63, 3.8) is 0 Å². The first-order valence-corrected chi connectivity index (χ1v) is 8.06. The first kappa shape index (κ1) is 20.8. The topological polar surface area (TPSA) is 74.6 Å². The number of rotatable bonds is 12. The second-order valence-electron chi connectivity index (χ2n) is 7.02. The van der Waals surface area contributed by atoms with Crippen molar-refractivity contribution >= 4 is 11.8 Å². The Labute approximate surface area is 134 Å². The Hall–Kier alpha value is -1.20. The third-order valence-corrected chi connectivity index (χ3v) is 3.38. The molecule has 1 atom stereocenters. The number of unbranched alkanes of at least 4 members (excludes halogenated alkanes) is 5. The molecule has 0 aromatic rings. The first-order valence-electron chi connectivity index (χ1n) is 8.06. The molecule has 0 bridgehead atoms. The van der Waals surface area contributed by atoms with Crippen LogP contribution in [0.5, 0.6) is 0 Å². The van der Waals surface area contributed by atoms with Crippen LogP contribution >= 0.6 is 0 Å². The van der Waals surface area contributed by atoms with Crippen molar-refractivity contribution in [2.75, 3.05) is 27.7 Å². The second-order valence-corrected chi connectivity index (χ2v) is 7.02. The van der Waals surface area contributed by atoms with Gasteiger partial charge in [0.2, 0.25) is 0 Å². The minimum Gasteiger partial charge on any atom is -0.481 e. The van der Waals surface area contributed by atoms with Gasteiger partial charge >= 0.3 is 5.97 Å². The zero-order valence-corrected chi connectivity index (χ0v) is 14.5. The summed E-state index contributed by atoms with van der Waals surface area (Å²) in [6.07, 6.45) is 9.07. The van der Waals surface area contributed by atoms with Gasteiger partial charge < -0.3 is 14.7 Å². The highest BCUT2D eigenvalue weighted by molar-refractivity contribution is 5.99. The molecule has 5 heteroatoms. The number of likely N-dealkylation sites (N-methyl/N-ethyl adjacent to an activating group) is 1. The largest absolute Gasteiger partial charge is 0.481 e. The van der Waals surface area contributed by atoms with Gasteiger partial charge in [0.15, 0.2) is 11.4 Å². The SMILES string of the molecule is CCCCCCC/C=C/C(=O)C(O)(CC(=O)O)C[N+](C)(C)C. The smallest absolute Gasteiger partial charge is 0.307 e. The number of carboxylic acid groups (broad SMARTS) is 1. The lowest BCUT2D eigenvalue weighted by molar-refractivity contribution is -0.875. The number of hydrogen-bond acceptors (Lipinski definition) is 3. The molecule has 0 saturated carbocycles. The summed E-state index contributed by atoms with van der Waals surface area (Å²) in [4.78, 5) is 23.1. The number of carboxylic acids is 1. The van der Waals surface area contributed by atoms with Crippen LogP contribution in [0.25, 0.3) is 0 Å². The lowest BCUT2D eigenvalue weighted by atomic mass is 9.92. The third kappa shape index (κ3) is 9.68. The molecule has 0 heterocycles. The van der Waals surface area contributed by atoms with Crippen LogP contribution in [0.1, 0.15) is 51.9 Å². The highest BCUT2D eigenvalue weighted by atomic mass is 16.4. The Morgan fingerprint density at radius 1 is 1.09 bits per heavy atom. The molecule has 0 amide bonds. The highest BCUT2D eigenvalue weighted by Gasteiger charge is 2.41. The average Bonchev–Trinajstić information content (AvgIpc) is 2.34. The zero-order chi connectivity index (χ0) is 17.2. The Morgan fingerprint density at radius 3 is 2.18 bits per heavy atom. The summed E-state index contributed by atoms with van der Waals surface area (Å²) in [5.74, 6) is -1.69.